The van der Waals surface area contributed by atoms with Gasteiger partial charge in [0.1, 0.15) is 5.41 Å². The molecule has 0 radical (unpaired) electrons. The second-order valence-corrected chi connectivity index (χ2v) is 5.26. The molecule has 2 aliphatic carbocycles. The maximum Gasteiger partial charge on any atom is 0.320 e. The van der Waals surface area contributed by atoms with Crippen LogP contribution in [0.4, 0.5) is 0 Å². The van der Waals surface area contributed by atoms with Crippen molar-refractivity contribution in [1.29, 1.82) is 0 Å². The molecule has 2 aliphatic rings. The first-order valence-corrected chi connectivity index (χ1v) is 6.42. The van der Waals surface area contributed by atoms with Gasteiger partial charge in [-0.05, 0) is 32.1 Å². The van der Waals surface area contributed by atoms with E-state index in [1.807, 2.05) is 0 Å². The van der Waals surface area contributed by atoms with E-state index < -0.39 is 5.41 Å². The van der Waals surface area contributed by atoms with Crippen LogP contribution in [0.5, 0.6) is 0 Å². The number of ether oxygens (including phenoxy) is 1. The van der Waals surface area contributed by atoms with Gasteiger partial charge in [0.15, 0.2) is 5.78 Å². The normalized spacial score (nSPS) is 40.1. The van der Waals surface area contributed by atoms with Crippen molar-refractivity contribution in [3.05, 3.63) is 12.7 Å². The molecule has 0 spiro atoms. The highest BCUT2D eigenvalue weighted by Crippen LogP contribution is 2.55. The summed E-state index contributed by atoms with van der Waals surface area (Å²) in [5, 5.41) is 0. The number of carbonyl (C=O) groups excluding carboxylic acids is 2. The smallest absolute Gasteiger partial charge is 0.320 e. The molecule has 0 aromatic rings. The van der Waals surface area contributed by atoms with Crippen molar-refractivity contribution in [2.24, 2.45) is 23.2 Å². The largest absolute Gasteiger partial charge is 0.465 e. The zero-order valence-corrected chi connectivity index (χ0v) is 10.6. The zero-order chi connectivity index (χ0) is 12.6. The van der Waals surface area contributed by atoms with Crippen LogP contribution in [0.3, 0.4) is 0 Å². The van der Waals surface area contributed by atoms with Crippen molar-refractivity contribution in [3.8, 4) is 0 Å². The Morgan fingerprint density at radius 1 is 1.65 bits per heavy atom. The quantitative estimate of drug-likeness (QED) is 0.429. The summed E-state index contributed by atoms with van der Waals surface area (Å²) < 4.78 is 5.13. The molecule has 0 heterocycles. The highest BCUT2D eigenvalue weighted by Gasteiger charge is 2.62. The third-order valence-electron chi connectivity index (χ3n) is 4.52. The molecule has 0 unspecified atom stereocenters. The molecular weight excluding hydrogens is 216 g/mol. The number of fused-ring (bicyclic) bond motifs is 2. The Labute approximate surface area is 102 Å². The van der Waals surface area contributed by atoms with Crippen molar-refractivity contribution in [2.45, 2.75) is 33.1 Å². The molecule has 4 atom stereocenters. The van der Waals surface area contributed by atoms with Gasteiger partial charge >= 0.3 is 5.97 Å². The fraction of sp³-hybridized carbons (Fsp3) is 0.714. The Bertz CT molecular complexity index is 360. The number of rotatable bonds is 3. The van der Waals surface area contributed by atoms with Gasteiger partial charge in [-0.1, -0.05) is 13.0 Å². The zero-order valence-electron chi connectivity index (χ0n) is 10.6. The van der Waals surface area contributed by atoms with Crippen LogP contribution < -0.4 is 0 Å². The highest BCUT2D eigenvalue weighted by atomic mass is 16.5. The summed E-state index contributed by atoms with van der Waals surface area (Å²) in [5.41, 5.74) is -0.908. The Hall–Kier alpha value is -1.12. The fourth-order valence-electron chi connectivity index (χ4n) is 3.46. The lowest BCUT2D eigenvalue weighted by atomic mass is 9.68. The van der Waals surface area contributed by atoms with E-state index in [0.29, 0.717) is 18.9 Å². The summed E-state index contributed by atoms with van der Waals surface area (Å²) in [7, 11) is 0. The first-order chi connectivity index (χ1) is 8.07. The number of Topliss-reactive ketones (excluding diaryl/α,β-unsaturated/α-hetero) is 1. The molecule has 3 heteroatoms. The summed E-state index contributed by atoms with van der Waals surface area (Å²) in [6, 6.07) is 0. The van der Waals surface area contributed by atoms with Crippen molar-refractivity contribution in [1.82, 2.24) is 0 Å². The van der Waals surface area contributed by atoms with Crippen LogP contribution in [0.2, 0.25) is 0 Å². The molecule has 17 heavy (non-hydrogen) atoms. The second-order valence-electron chi connectivity index (χ2n) is 5.26. The van der Waals surface area contributed by atoms with E-state index in [1.54, 1.807) is 13.0 Å². The van der Waals surface area contributed by atoms with E-state index in [9.17, 15) is 9.59 Å². The molecule has 0 aliphatic heterocycles. The van der Waals surface area contributed by atoms with Crippen molar-refractivity contribution in [3.63, 3.8) is 0 Å². The summed E-state index contributed by atoms with van der Waals surface area (Å²) in [6.45, 7) is 8.00. The van der Waals surface area contributed by atoms with Gasteiger partial charge in [0.25, 0.3) is 0 Å². The van der Waals surface area contributed by atoms with Gasteiger partial charge in [-0.2, -0.15) is 0 Å². The minimum Gasteiger partial charge on any atom is -0.465 e. The van der Waals surface area contributed by atoms with E-state index in [0.717, 1.165) is 12.8 Å². The van der Waals surface area contributed by atoms with Crippen LogP contribution in [0.25, 0.3) is 0 Å². The molecule has 0 aromatic carbocycles. The summed E-state index contributed by atoms with van der Waals surface area (Å²) in [5.74, 6) is 0.138. The Balaban J connectivity index is 2.38. The van der Waals surface area contributed by atoms with Gasteiger partial charge in [-0.25, -0.2) is 0 Å². The number of hydrogen-bond donors (Lipinski definition) is 0. The highest BCUT2D eigenvalue weighted by molar-refractivity contribution is 6.07. The summed E-state index contributed by atoms with van der Waals surface area (Å²) in [6.07, 6.45) is 4.09. The molecule has 2 saturated carbocycles. The third kappa shape index (κ3) is 1.55. The van der Waals surface area contributed by atoms with Gasteiger partial charge in [0.05, 0.1) is 6.61 Å². The van der Waals surface area contributed by atoms with Gasteiger partial charge in [0.2, 0.25) is 0 Å². The van der Waals surface area contributed by atoms with Crippen LogP contribution in [0.1, 0.15) is 33.1 Å². The molecule has 94 valence electrons. The Morgan fingerprint density at radius 3 is 2.94 bits per heavy atom. The van der Waals surface area contributed by atoms with Gasteiger partial charge < -0.3 is 4.74 Å². The Kier molecular flexibility index (Phi) is 3.11. The van der Waals surface area contributed by atoms with Gasteiger partial charge in [0, 0.05) is 11.8 Å². The number of esters is 1. The number of allylic oxidation sites excluding steroid dienone is 1. The van der Waals surface area contributed by atoms with E-state index >= 15 is 0 Å². The van der Waals surface area contributed by atoms with Gasteiger partial charge in [-0.15, -0.1) is 6.58 Å². The van der Waals surface area contributed by atoms with Crippen LogP contribution in [-0.2, 0) is 14.3 Å². The monoisotopic (exact) mass is 236 g/mol. The SMILES string of the molecule is C=C[C@@H]1C[C@@H]2C(=O)[C@@]1(C(=O)OCC)CC[C@H]2C. The lowest BCUT2D eigenvalue weighted by Crippen LogP contribution is -2.46. The van der Waals surface area contributed by atoms with Crippen molar-refractivity contribution >= 4 is 11.8 Å². The first kappa shape index (κ1) is 12.3. The summed E-state index contributed by atoms with van der Waals surface area (Å²) in [4.78, 5) is 24.6. The lowest BCUT2D eigenvalue weighted by Gasteiger charge is -2.34. The first-order valence-electron chi connectivity index (χ1n) is 6.42. The van der Waals surface area contributed by atoms with E-state index in [1.165, 1.54) is 0 Å². The van der Waals surface area contributed by atoms with E-state index in [-0.39, 0.29) is 23.6 Å². The van der Waals surface area contributed by atoms with E-state index in [2.05, 4.69) is 13.5 Å². The number of carbonyl (C=O) groups is 2. The van der Waals surface area contributed by atoms with Crippen molar-refractivity contribution < 1.29 is 14.3 Å². The maximum atomic E-state index is 12.5. The van der Waals surface area contributed by atoms with Crippen LogP contribution in [0.15, 0.2) is 12.7 Å². The topological polar surface area (TPSA) is 43.4 Å². The summed E-state index contributed by atoms with van der Waals surface area (Å²) >= 11 is 0. The Morgan fingerprint density at radius 2 is 2.35 bits per heavy atom. The third-order valence-corrected chi connectivity index (χ3v) is 4.52. The average molecular weight is 236 g/mol. The maximum absolute atomic E-state index is 12.5. The molecular formula is C14H20O3. The van der Waals surface area contributed by atoms with E-state index in [4.69, 9.17) is 4.74 Å². The fourth-order valence-corrected chi connectivity index (χ4v) is 3.46. The molecule has 0 amide bonds. The minimum atomic E-state index is -0.908. The predicted molar refractivity (Wildman–Crippen MR) is 64.3 cm³/mol. The molecule has 2 bridgehead atoms. The molecule has 0 aromatic heterocycles. The molecule has 0 N–H and O–H groups in total. The number of ketones is 1. The average Bonchev–Trinajstić information content (AvgIpc) is 2.50. The second kappa shape index (κ2) is 4.28. The lowest BCUT2D eigenvalue weighted by molar-refractivity contribution is -0.163. The van der Waals surface area contributed by atoms with Crippen molar-refractivity contribution in [2.75, 3.05) is 6.61 Å². The standard InChI is InChI=1S/C14H20O3/c1-4-10-8-11-9(3)6-7-14(10,12(11)15)13(16)17-5-2/h4,9-11H,1,5-8H2,2-3H3/t9-,10-,11+,14-/m1/s1. The van der Waals surface area contributed by atoms with Crippen LogP contribution in [-0.4, -0.2) is 18.4 Å². The van der Waals surface area contributed by atoms with Crippen LogP contribution in [0, 0.1) is 23.2 Å². The minimum absolute atomic E-state index is 0.0242. The number of hydrogen-bond acceptors (Lipinski definition) is 3. The molecule has 3 nitrogen and oxygen atoms in total. The molecule has 0 saturated heterocycles. The van der Waals surface area contributed by atoms with Gasteiger partial charge in [-0.3, -0.25) is 9.59 Å². The predicted octanol–water partition coefficient (Wildman–Crippen LogP) is 2.36. The molecule has 2 rings (SSSR count). The molecule has 2 fully saturated rings. The van der Waals surface area contributed by atoms with Crippen LogP contribution >= 0.6 is 0 Å².